The highest BCUT2D eigenvalue weighted by molar-refractivity contribution is 5.87. The maximum atomic E-state index is 11.9. The molecule has 0 aliphatic carbocycles. The van der Waals surface area contributed by atoms with Crippen LogP contribution in [0.4, 0.5) is 0 Å². The Morgan fingerprint density at radius 3 is 2.40 bits per heavy atom. The van der Waals surface area contributed by atoms with Crippen molar-refractivity contribution < 1.29 is 19.5 Å². The van der Waals surface area contributed by atoms with Gasteiger partial charge in [0, 0.05) is 12.8 Å². The van der Waals surface area contributed by atoms with Gasteiger partial charge in [-0.1, -0.05) is 43.5 Å². The molecule has 1 heterocycles. The first-order valence-electron chi connectivity index (χ1n) is 8.91. The fourth-order valence-corrected chi connectivity index (χ4v) is 3.01. The van der Waals surface area contributed by atoms with Gasteiger partial charge in [-0.3, -0.25) is 9.59 Å². The van der Waals surface area contributed by atoms with Crippen molar-refractivity contribution in [3.05, 3.63) is 35.4 Å². The van der Waals surface area contributed by atoms with Crippen molar-refractivity contribution in [1.82, 2.24) is 10.6 Å². The first kappa shape index (κ1) is 19.0. The Bertz CT molecular complexity index is 615. The smallest absolute Gasteiger partial charge is 0.326 e. The van der Waals surface area contributed by atoms with Gasteiger partial charge in [-0.25, -0.2) is 4.79 Å². The molecule has 0 radical (unpaired) electrons. The monoisotopic (exact) mass is 346 g/mol. The van der Waals surface area contributed by atoms with E-state index in [1.807, 2.05) is 18.2 Å². The number of rotatable bonds is 1. The molecule has 0 spiro atoms. The summed E-state index contributed by atoms with van der Waals surface area (Å²) in [4.78, 5) is 35.1. The van der Waals surface area contributed by atoms with Crippen LogP contribution in [0.15, 0.2) is 24.3 Å². The third kappa shape index (κ3) is 6.95. The van der Waals surface area contributed by atoms with E-state index in [2.05, 4.69) is 16.7 Å². The second-order valence-electron chi connectivity index (χ2n) is 6.53. The number of hydrogen-bond acceptors (Lipinski definition) is 3. The van der Waals surface area contributed by atoms with E-state index in [9.17, 15) is 19.5 Å². The van der Waals surface area contributed by atoms with E-state index in [0.29, 0.717) is 6.42 Å². The van der Waals surface area contributed by atoms with Crippen molar-refractivity contribution in [2.45, 2.75) is 57.4 Å². The van der Waals surface area contributed by atoms with Gasteiger partial charge in [0.1, 0.15) is 6.04 Å². The van der Waals surface area contributed by atoms with Crippen LogP contribution in [-0.4, -0.2) is 35.5 Å². The summed E-state index contributed by atoms with van der Waals surface area (Å²) in [6.45, 7) is -0.192. The quantitative estimate of drug-likeness (QED) is 0.723. The number of carbonyl (C=O) groups excluding carboxylic acids is 2. The summed E-state index contributed by atoms with van der Waals surface area (Å²) in [5, 5.41) is 14.4. The standard InChI is InChI=1S/C19H26N2O4/c22-17-10-5-3-1-2-4-7-14-8-6-9-15(11-14)12-16(19(24)25)21-18(23)13-20-17/h6,8-9,11,16H,1-5,7,10,12-13H2,(H,20,22)(H,21,23)(H,24,25). The summed E-state index contributed by atoms with van der Waals surface area (Å²) < 4.78 is 0. The van der Waals surface area contributed by atoms with E-state index in [1.165, 1.54) is 5.56 Å². The Hall–Kier alpha value is -2.37. The van der Waals surface area contributed by atoms with Crippen molar-refractivity contribution in [2.75, 3.05) is 6.54 Å². The minimum atomic E-state index is -1.08. The van der Waals surface area contributed by atoms with Crippen LogP contribution in [0.1, 0.15) is 49.7 Å². The Kier molecular flexibility index (Phi) is 7.44. The molecule has 1 aromatic carbocycles. The molecular formula is C19H26N2O4. The molecule has 2 amide bonds. The van der Waals surface area contributed by atoms with Crippen LogP contribution in [0.5, 0.6) is 0 Å². The predicted octanol–water partition coefficient (Wildman–Crippen LogP) is 1.81. The van der Waals surface area contributed by atoms with Gasteiger partial charge in [-0.05, 0) is 30.4 Å². The zero-order chi connectivity index (χ0) is 18.1. The summed E-state index contributed by atoms with van der Waals surface area (Å²) in [6, 6.07) is 6.87. The van der Waals surface area contributed by atoms with Gasteiger partial charge in [-0.2, -0.15) is 0 Å². The lowest BCUT2D eigenvalue weighted by molar-refractivity contribution is -0.141. The molecule has 1 aromatic rings. The average Bonchev–Trinajstić information content (AvgIpc) is 2.58. The normalized spacial score (nSPS) is 20.9. The van der Waals surface area contributed by atoms with E-state index in [-0.39, 0.29) is 18.9 Å². The van der Waals surface area contributed by atoms with Crippen molar-refractivity contribution in [2.24, 2.45) is 0 Å². The number of carbonyl (C=O) groups is 3. The number of aryl methyl sites for hydroxylation is 1. The molecule has 0 fully saturated rings. The van der Waals surface area contributed by atoms with Gasteiger partial charge in [0.25, 0.3) is 0 Å². The van der Waals surface area contributed by atoms with Crippen molar-refractivity contribution in [1.29, 1.82) is 0 Å². The highest BCUT2D eigenvalue weighted by Crippen LogP contribution is 2.13. The molecule has 6 heteroatoms. The topological polar surface area (TPSA) is 95.5 Å². The van der Waals surface area contributed by atoms with Crippen molar-refractivity contribution in [3.8, 4) is 0 Å². The number of nitrogens with one attached hydrogen (secondary N) is 2. The summed E-state index contributed by atoms with van der Waals surface area (Å²) >= 11 is 0. The Balaban J connectivity index is 2.08. The number of aliphatic carboxylic acids is 1. The minimum absolute atomic E-state index is 0.169. The van der Waals surface area contributed by atoms with E-state index in [0.717, 1.165) is 44.1 Å². The van der Waals surface area contributed by atoms with Crippen LogP contribution in [0.25, 0.3) is 0 Å². The number of carboxylic acids is 1. The van der Waals surface area contributed by atoms with Crippen LogP contribution in [0.3, 0.4) is 0 Å². The predicted molar refractivity (Wildman–Crippen MR) is 94.1 cm³/mol. The van der Waals surface area contributed by atoms with Crippen molar-refractivity contribution >= 4 is 17.8 Å². The molecule has 1 atom stereocenters. The maximum absolute atomic E-state index is 11.9. The van der Waals surface area contributed by atoms with Gasteiger partial charge in [0.15, 0.2) is 0 Å². The molecule has 6 nitrogen and oxygen atoms in total. The lowest BCUT2D eigenvalue weighted by Crippen LogP contribution is -2.46. The second-order valence-corrected chi connectivity index (χ2v) is 6.53. The highest BCUT2D eigenvalue weighted by atomic mass is 16.4. The molecule has 1 unspecified atom stereocenters. The number of benzene rings is 1. The van der Waals surface area contributed by atoms with Gasteiger partial charge >= 0.3 is 5.97 Å². The molecule has 0 saturated heterocycles. The van der Waals surface area contributed by atoms with Crippen LogP contribution < -0.4 is 10.6 Å². The fourth-order valence-electron chi connectivity index (χ4n) is 3.01. The lowest BCUT2D eigenvalue weighted by Gasteiger charge is -2.15. The number of hydrogen-bond donors (Lipinski definition) is 3. The molecule has 0 saturated carbocycles. The third-order valence-corrected chi connectivity index (χ3v) is 4.38. The summed E-state index contributed by atoms with van der Waals surface area (Å²) in [7, 11) is 0. The largest absolute Gasteiger partial charge is 0.480 e. The van der Waals surface area contributed by atoms with Crippen LogP contribution >= 0.6 is 0 Å². The molecule has 2 bridgehead atoms. The minimum Gasteiger partial charge on any atom is -0.480 e. The molecule has 1 aliphatic heterocycles. The number of amides is 2. The zero-order valence-corrected chi connectivity index (χ0v) is 14.4. The maximum Gasteiger partial charge on any atom is 0.326 e. The molecule has 2 rings (SSSR count). The second kappa shape index (κ2) is 9.81. The number of carboxylic acid groups (broad SMARTS) is 1. The van der Waals surface area contributed by atoms with Crippen LogP contribution in [0, 0.1) is 0 Å². The lowest BCUT2D eigenvalue weighted by atomic mass is 10.00. The van der Waals surface area contributed by atoms with Crippen molar-refractivity contribution in [3.63, 3.8) is 0 Å². The number of fused-ring (bicyclic) bond motifs is 2. The molecule has 136 valence electrons. The summed E-state index contributed by atoms with van der Waals surface area (Å²) in [5.74, 6) is -1.73. The Morgan fingerprint density at radius 1 is 0.960 bits per heavy atom. The van der Waals surface area contributed by atoms with E-state index in [4.69, 9.17) is 0 Å². The SMILES string of the molecule is O=C1CCCCCCCc2cccc(c2)CC(C(=O)O)NC(=O)CN1. The van der Waals surface area contributed by atoms with E-state index >= 15 is 0 Å². The van der Waals surface area contributed by atoms with E-state index in [1.54, 1.807) is 0 Å². The van der Waals surface area contributed by atoms with E-state index < -0.39 is 17.9 Å². The van der Waals surface area contributed by atoms with Crippen LogP contribution in [-0.2, 0) is 27.2 Å². The first-order chi connectivity index (χ1) is 12.0. The summed E-state index contributed by atoms with van der Waals surface area (Å²) in [5.41, 5.74) is 2.08. The molecule has 25 heavy (non-hydrogen) atoms. The fraction of sp³-hybridized carbons (Fsp3) is 0.526. The average molecular weight is 346 g/mol. The first-order valence-corrected chi connectivity index (χ1v) is 8.91. The van der Waals surface area contributed by atoms with Gasteiger partial charge in [-0.15, -0.1) is 0 Å². The van der Waals surface area contributed by atoms with Gasteiger partial charge in [0.05, 0.1) is 6.54 Å². The molecule has 0 aromatic heterocycles. The third-order valence-electron chi connectivity index (χ3n) is 4.38. The molecule has 3 N–H and O–H groups in total. The highest BCUT2D eigenvalue weighted by Gasteiger charge is 2.20. The zero-order valence-electron chi connectivity index (χ0n) is 14.4. The molecular weight excluding hydrogens is 320 g/mol. The van der Waals surface area contributed by atoms with Crippen LogP contribution in [0.2, 0.25) is 0 Å². The molecule has 1 aliphatic rings. The Labute approximate surface area is 148 Å². The van der Waals surface area contributed by atoms with Gasteiger partial charge in [0.2, 0.25) is 11.8 Å². The summed E-state index contributed by atoms with van der Waals surface area (Å²) in [6.07, 6.45) is 6.67. The van der Waals surface area contributed by atoms with Gasteiger partial charge < -0.3 is 15.7 Å². The Morgan fingerprint density at radius 2 is 1.64 bits per heavy atom.